The summed E-state index contributed by atoms with van der Waals surface area (Å²) in [6, 6.07) is 23.1. The number of allylic oxidation sites excluding steroid dienone is 1. The van der Waals surface area contributed by atoms with E-state index in [1.807, 2.05) is 48.5 Å². The Morgan fingerprint density at radius 2 is 1.62 bits per heavy atom. The first-order valence-electron chi connectivity index (χ1n) is 8.94. The zero-order valence-corrected chi connectivity index (χ0v) is 15.8. The second kappa shape index (κ2) is 6.93. The Labute approximate surface area is 170 Å². The Hall–Kier alpha value is -3.88. The van der Waals surface area contributed by atoms with Crippen LogP contribution in [0.1, 0.15) is 5.89 Å². The molecule has 3 aromatic carbocycles. The minimum Gasteiger partial charge on any atom is -0.435 e. The summed E-state index contributed by atoms with van der Waals surface area (Å²) in [5.74, 6) is 0.236. The van der Waals surface area contributed by atoms with Gasteiger partial charge < -0.3 is 9.73 Å². The van der Waals surface area contributed by atoms with Gasteiger partial charge in [0.05, 0.1) is 16.7 Å². The molecule has 5 nitrogen and oxygen atoms in total. The number of anilines is 1. The first-order valence-corrected chi connectivity index (χ1v) is 9.31. The maximum absolute atomic E-state index is 9.67. The van der Waals surface area contributed by atoms with E-state index in [1.54, 1.807) is 24.4 Å². The lowest BCUT2D eigenvalue weighted by molar-refractivity contribution is 0.586. The largest absolute Gasteiger partial charge is 0.435 e. The fourth-order valence-corrected chi connectivity index (χ4v) is 3.46. The third-order valence-electron chi connectivity index (χ3n) is 4.65. The molecule has 0 aliphatic heterocycles. The number of rotatable bonds is 3. The van der Waals surface area contributed by atoms with E-state index in [4.69, 9.17) is 21.0 Å². The van der Waals surface area contributed by atoms with Gasteiger partial charge in [0.25, 0.3) is 0 Å². The van der Waals surface area contributed by atoms with Crippen LogP contribution >= 0.6 is 11.6 Å². The van der Waals surface area contributed by atoms with E-state index in [1.165, 1.54) is 0 Å². The van der Waals surface area contributed by atoms with Crippen molar-refractivity contribution in [2.24, 2.45) is 0 Å². The Balaban J connectivity index is 1.63. The number of para-hydroxylation sites is 2. The molecule has 0 saturated heterocycles. The van der Waals surface area contributed by atoms with Crippen molar-refractivity contribution in [1.82, 2.24) is 9.97 Å². The van der Waals surface area contributed by atoms with Crippen LogP contribution < -0.4 is 5.32 Å². The summed E-state index contributed by atoms with van der Waals surface area (Å²) in [5.41, 5.74) is 4.08. The number of oxazole rings is 1. The SMILES string of the molecule is N#CC(=CNc1c2ccccc2nc2ccccc12)c1nc2cc(Cl)ccc2o1. The number of hydrogen-bond donors (Lipinski definition) is 1. The smallest absolute Gasteiger partial charge is 0.239 e. The summed E-state index contributed by atoms with van der Waals surface area (Å²) in [5, 5.41) is 15.4. The number of hydrogen-bond acceptors (Lipinski definition) is 5. The molecule has 138 valence electrons. The highest BCUT2D eigenvalue weighted by molar-refractivity contribution is 6.31. The highest BCUT2D eigenvalue weighted by Gasteiger charge is 2.13. The quantitative estimate of drug-likeness (QED) is 0.292. The van der Waals surface area contributed by atoms with Gasteiger partial charge >= 0.3 is 0 Å². The number of nitrogens with zero attached hydrogens (tertiary/aromatic N) is 3. The summed E-state index contributed by atoms with van der Waals surface area (Å²) < 4.78 is 5.73. The van der Waals surface area contributed by atoms with Gasteiger partial charge in [0.15, 0.2) is 5.58 Å². The monoisotopic (exact) mass is 396 g/mol. The zero-order valence-electron chi connectivity index (χ0n) is 15.1. The molecule has 0 amide bonds. The maximum Gasteiger partial charge on any atom is 0.239 e. The molecule has 0 atom stereocenters. The summed E-state index contributed by atoms with van der Waals surface area (Å²) in [6.07, 6.45) is 1.61. The average molecular weight is 397 g/mol. The van der Waals surface area contributed by atoms with Crippen molar-refractivity contribution in [3.8, 4) is 6.07 Å². The van der Waals surface area contributed by atoms with Gasteiger partial charge in [-0.2, -0.15) is 5.26 Å². The third kappa shape index (κ3) is 3.06. The van der Waals surface area contributed by atoms with Crippen LogP contribution in [0.15, 0.2) is 77.3 Å². The van der Waals surface area contributed by atoms with E-state index in [9.17, 15) is 5.26 Å². The molecule has 0 aliphatic rings. The predicted molar refractivity (Wildman–Crippen MR) is 115 cm³/mol. The molecule has 2 aromatic heterocycles. The minimum atomic E-state index is 0.236. The average Bonchev–Trinajstić information content (AvgIpc) is 3.16. The highest BCUT2D eigenvalue weighted by Crippen LogP contribution is 2.31. The summed E-state index contributed by atoms with van der Waals surface area (Å²) in [7, 11) is 0. The summed E-state index contributed by atoms with van der Waals surface area (Å²) in [6.45, 7) is 0. The molecule has 5 aromatic rings. The van der Waals surface area contributed by atoms with Crippen molar-refractivity contribution in [2.75, 3.05) is 5.32 Å². The number of halogens is 1. The van der Waals surface area contributed by atoms with Gasteiger partial charge in [0.1, 0.15) is 17.2 Å². The van der Waals surface area contributed by atoms with Crippen LogP contribution in [0.3, 0.4) is 0 Å². The Morgan fingerprint density at radius 1 is 0.931 bits per heavy atom. The second-order valence-corrected chi connectivity index (χ2v) is 6.90. The van der Waals surface area contributed by atoms with Gasteiger partial charge in [-0.25, -0.2) is 9.97 Å². The van der Waals surface area contributed by atoms with Crippen molar-refractivity contribution in [1.29, 1.82) is 5.26 Å². The van der Waals surface area contributed by atoms with E-state index < -0.39 is 0 Å². The van der Waals surface area contributed by atoms with Crippen molar-refractivity contribution in [3.05, 3.63) is 83.8 Å². The molecule has 0 radical (unpaired) electrons. The van der Waals surface area contributed by atoms with Crippen LogP contribution in [0.5, 0.6) is 0 Å². The van der Waals surface area contributed by atoms with Crippen LogP contribution in [0.25, 0.3) is 38.5 Å². The molecule has 0 aliphatic carbocycles. The number of benzene rings is 3. The molecule has 5 rings (SSSR count). The van der Waals surface area contributed by atoms with E-state index in [0.717, 1.165) is 27.5 Å². The third-order valence-corrected chi connectivity index (χ3v) is 4.88. The molecule has 0 spiro atoms. The topological polar surface area (TPSA) is 74.7 Å². The van der Waals surface area contributed by atoms with Gasteiger partial charge in [-0.05, 0) is 30.3 Å². The Bertz CT molecular complexity index is 1410. The lowest BCUT2D eigenvalue weighted by atomic mass is 10.1. The highest BCUT2D eigenvalue weighted by atomic mass is 35.5. The molecule has 0 unspecified atom stereocenters. The number of nitriles is 1. The van der Waals surface area contributed by atoms with Crippen molar-refractivity contribution in [2.45, 2.75) is 0 Å². The fourth-order valence-electron chi connectivity index (χ4n) is 3.30. The van der Waals surface area contributed by atoms with Gasteiger partial charge in [-0.1, -0.05) is 48.0 Å². The predicted octanol–water partition coefficient (Wildman–Crippen LogP) is 6.16. The lowest BCUT2D eigenvalue weighted by Gasteiger charge is -2.10. The van der Waals surface area contributed by atoms with Crippen molar-refractivity contribution >= 4 is 55.8 Å². The van der Waals surface area contributed by atoms with Crippen LogP contribution in [0.2, 0.25) is 5.02 Å². The molecule has 0 fully saturated rings. The summed E-state index contributed by atoms with van der Waals surface area (Å²) in [4.78, 5) is 9.10. The number of pyridine rings is 1. The second-order valence-electron chi connectivity index (χ2n) is 6.47. The molecule has 1 N–H and O–H groups in total. The molecule has 0 saturated carbocycles. The summed E-state index contributed by atoms with van der Waals surface area (Å²) >= 11 is 6.01. The number of nitrogens with one attached hydrogen (secondary N) is 1. The molecular formula is C23H13ClN4O. The van der Waals surface area contributed by atoms with Crippen molar-refractivity contribution in [3.63, 3.8) is 0 Å². The van der Waals surface area contributed by atoms with E-state index in [-0.39, 0.29) is 11.5 Å². The molecular weight excluding hydrogens is 384 g/mol. The van der Waals surface area contributed by atoms with Gasteiger partial charge in [-0.3, -0.25) is 0 Å². The zero-order chi connectivity index (χ0) is 19.8. The lowest BCUT2D eigenvalue weighted by Crippen LogP contribution is -1.95. The molecule has 0 bridgehead atoms. The Morgan fingerprint density at radius 3 is 2.31 bits per heavy atom. The van der Waals surface area contributed by atoms with Crippen LogP contribution in [0, 0.1) is 11.3 Å². The fraction of sp³-hybridized carbons (Fsp3) is 0. The number of aromatic nitrogens is 2. The van der Waals surface area contributed by atoms with Gasteiger partial charge in [-0.15, -0.1) is 0 Å². The first-order chi connectivity index (χ1) is 14.2. The number of fused-ring (bicyclic) bond motifs is 3. The van der Waals surface area contributed by atoms with E-state index in [0.29, 0.717) is 16.1 Å². The minimum absolute atomic E-state index is 0.236. The molecule has 29 heavy (non-hydrogen) atoms. The van der Waals surface area contributed by atoms with Crippen LogP contribution in [0.4, 0.5) is 5.69 Å². The van der Waals surface area contributed by atoms with E-state index in [2.05, 4.69) is 16.4 Å². The molecule has 6 heteroatoms. The maximum atomic E-state index is 9.67. The van der Waals surface area contributed by atoms with Crippen molar-refractivity contribution < 1.29 is 4.42 Å². The molecule has 2 heterocycles. The van der Waals surface area contributed by atoms with Gasteiger partial charge in [0.2, 0.25) is 5.89 Å². The van der Waals surface area contributed by atoms with E-state index >= 15 is 0 Å². The Kier molecular flexibility index (Phi) is 4.12. The first kappa shape index (κ1) is 17.2. The van der Waals surface area contributed by atoms with Crippen LogP contribution in [-0.4, -0.2) is 9.97 Å². The van der Waals surface area contributed by atoms with Crippen LogP contribution in [-0.2, 0) is 0 Å². The standard InChI is InChI=1S/C23H13ClN4O/c24-15-9-10-21-20(11-15)28-23(29-21)14(12-25)13-26-22-16-5-1-3-7-18(16)27-19-8-4-2-6-17(19)22/h1-11,13H,(H,26,27). The normalized spacial score (nSPS) is 11.8. The van der Waals surface area contributed by atoms with Gasteiger partial charge in [0, 0.05) is 22.0 Å².